The third kappa shape index (κ3) is 2.56. The van der Waals surface area contributed by atoms with E-state index in [1.165, 1.54) is 13.8 Å². The molecule has 0 bridgehead atoms. The zero-order valence-corrected chi connectivity index (χ0v) is 6.07. The number of halogens is 3. The average molecular weight is 155 g/mol. The van der Waals surface area contributed by atoms with Gasteiger partial charge in [-0.3, -0.25) is 0 Å². The largest absolute Gasteiger partial charge is 0.393 e. The molecule has 1 atom stereocenters. The highest BCUT2D eigenvalue weighted by atomic mass is 19.4. The van der Waals surface area contributed by atoms with Crippen LogP contribution >= 0.6 is 0 Å². The summed E-state index contributed by atoms with van der Waals surface area (Å²) in [5, 5.41) is 0. The van der Waals surface area contributed by atoms with Crippen molar-refractivity contribution in [1.82, 2.24) is 0 Å². The fraction of sp³-hybridized carbons (Fsp3) is 1.00. The minimum atomic E-state index is -4.14. The minimum Gasteiger partial charge on any atom is -0.330 e. The standard InChI is InChI=1S/C6H12F3N/c1-4(2)5(3-10)6(7,8)9/h4-5H,3,10H2,1-2H3/t5-/m1/s1. The second-order valence-electron chi connectivity index (χ2n) is 2.63. The SMILES string of the molecule is CC(C)[C@@H](CN)C(F)(F)F. The Kier molecular flexibility index (Phi) is 3.15. The molecule has 0 amide bonds. The van der Waals surface area contributed by atoms with Crippen molar-refractivity contribution in [3.05, 3.63) is 0 Å². The first kappa shape index (κ1) is 9.75. The molecule has 0 fully saturated rings. The van der Waals surface area contributed by atoms with E-state index in [4.69, 9.17) is 5.73 Å². The molecule has 0 aromatic carbocycles. The van der Waals surface area contributed by atoms with Crippen LogP contribution in [0.1, 0.15) is 13.8 Å². The molecule has 0 aromatic heterocycles. The van der Waals surface area contributed by atoms with Crippen molar-refractivity contribution < 1.29 is 13.2 Å². The van der Waals surface area contributed by atoms with Gasteiger partial charge in [-0.2, -0.15) is 13.2 Å². The average Bonchev–Trinajstić information content (AvgIpc) is 1.60. The summed E-state index contributed by atoms with van der Waals surface area (Å²) < 4.78 is 35.7. The highest BCUT2D eigenvalue weighted by Crippen LogP contribution is 2.30. The van der Waals surface area contributed by atoms with Crippen LogP contribution in [0.3, 0.4) is 0 Å². The molecule has 0 rings (SSSR count). The lowest BCUT2D eigenvalue weighted by Crippen LogP contribution is -2.34. The molecule has 0 unspecified atom stereocenters. The Morgan fingerprint density at radius 2 is 1.70 bits per heavy atom. The van der Waals surface area contributed by atoms with Gasteiger partial charge in [0, 0.05) is 6.54 Å². The lowest BCUT2D eigenvalue weighted by atomic mass is 9.96. The molecule has 4 heteroatoms. The van der Waals surface area contributed by atoms with E-state index in [1.807, 2.05) is 0 Å². The smallest absolute Gasteiger partial charge is 0.330 e. The molecule has 0 heterocycles. The van der Waals surface area contributed by atoms with Crippen LogP contribution in [0.2, 0.25) is 0 Å². The summed E-state index contributed by atoms with van der Waals surface area (Å²) in [5.74, 6) is -1.78. The Bertz CT molecular complexity index is 97.7. The van der Waals surface area contributed by atoms with E-state index in [-0.39, 0.29) is 6.54 Å². The molecule has 2 N–H and O–H groups in total. The van der Waals surface area contributed by atoms with E-state index in [2.05, 4.69) is 0 Å². The van der Waals surface area contributed by atoms with Crippen LogP contribution in [0.4, 0.5) is 13.2 Å². The first-order valence-corrected chi connectivity index (χ1v) is 3.16. The summed E-state index contributed by atoms with van der Waals surface area (Å²) in [6.07, 6.45) is -4.14. The maximum Gasteiger partial charge on any atom is 0.393 e. The highest BCUT2D eigenvalue weighted by Gasteiger charge is 2.40. The Morgan fingerprint density at radius 1 is 1.30 bits per heavy atom. The van der Waals surface area contributed by atoms with Crippen LogP contribution in [0.15, 0.2) is 0 Å². The number of hydrogen-bond donors (Lipinski definition) is 1. The molecule has 0 aliphatic heterocycles. The van der Waals surface area contributed by atoms with Gasteiger partial charge in [0.25, 0.3) is 0 Å². The highest BCUT2D eigenvalue weighted by molar-refractivity contribution is 4.71. The van der Waals surface area contributed by atoms with Gasteiger partial charge in [-0.25, -0.2) is 0 Å². The molecule has 0 aromatic rings. The first-order chi connectivity index (χ1) is 4.39. The molecule has 0 radical (unpaired) electrons. The Hall–Kier alpha value is -0.250. The number of alkyl halides is 3. The van der Waals surface area contributed by atoms with E-state index in [1.54, 1.807) is 0 Å². The first-order valence-electron chi connectivity index (χ1n) is 3.16. The number of hydrogen-bond acceptors (Lipinski definition) is 1. The predicted octanol–water partition coefficient (Wildman–Crippen LogP) is 1.78. The fourth-order valence-electron chi connectivity index (χ4n) is 0.784. The second kappa shape index (κ2) is 3.23. The Labute approximate surface area is 58.4 Å². The van der Waals surface area contributed by atoms with Crippen molar-refractivity contribution in [3.8, 4) is 0 Å². The van der Waals surface area contributed by atoms with E-state index in [0.29, 0.717) is 0 Å². The van der Waals surface area contributed by atoms with Crippen LogP contribution in [0.5, 0.6) is 0 Å². The number of rotatable bonds is 2. The molecule has 0 aliphatic rings. The van der Waals surface area contributed by atoms with Crippen molar-refractivity contribution in [2.45, 2.75) is 20.0 Å². The summed E-state index contributed by atoms with van der Waals surface area (Å²) in [6.45, 7) is 2.72. The van der Waals surface area contributed by atoms with Crippen molar-refractivity contribution in [2.75, 3.05) is 6.54 Å². The third-order valence-electron chi connectivity index (χ3n) is 1.48. The molecular formula is C6H12F3N. The Morgan fingerprint density at radius 3 is 1.70 bits per heavy atom. The van der Waals surface area contributed by atoms with Gasteiger partial charge in [0.2, 0.25) is 0 Å². The monoisotopic (exact) mass is 155 g/mol. The van der Waals surface area contributed by atoms with Crippen LogP contribution in [0.25, 0.3) is 0 Å². The molecule has 1 nitrogen and oxygen atoms in total. The molecule has 0 aliphatic carbocycles. The summed E-state index contributed by atoms with van der Waals surface area (Å²) in [4.78, 5) is 0. The molecule has 0 saturated heterocycles. The van der Waals surface area contributed by atoms with E-state index in [0.717, 1.165) is 0 Å². The van der Waals surface area contributed by atoms with Gasteiger partial charge in [-0.05, 0) is 5.92 Å². The Balaban J connectivity index is 4.07. The molecule has 0 spiro atoms. The quantitative estimate of drug-likeness (QED) is 0.646. The summed E-state index contributed by atoms with van der Waals surface area (Å²) in [5.41, 5.74) is 4.94. The zero-order chi connectivity index (χ0) is 8.36. The van der Waals surface area contributed by atoms with Crippen molar-refractivity contribution in [3.63, 3.8) is 0 Å². The minimum absolute atomic E-state index is 0.318. The predicted molar refractivity (Wildman–Crippen MR) is 33.4 cm³/mol. The third-order valence-corrected chi connectivity index (χ3v) is 1.48. The van der Waals surface area contributed by atoms with E-state index < -0.39 is 18.0 Å². The molecule has 10 heavy (non-hydrogen) atoms. The molecular weight excluding hydrogens is 143 g/mol. The fourth-order valence-corrected chi connectivity index (χ4v) is 0.784. The second-order valence-corrected chi connectivity index (χ2v) is 2.63. The lowest BCUT2D eigenvalue weighted by Gasteiger charge is -2.21. The lowest BCUT2D eigenvalue weighted by molar-refractivity contribution is -0.182. The van der Waals surface area contributed by atoms with Gasteiger partial charge >= 0.3 is 6.18 Å². The van der Waals surface area contributed by atoms with Crippen LogP contribution in [-0.2, 0) is 0 Å². The van der Waals surface area contributed by atoms with Gasteiger partial charge in [0.1, 0.15) is 0 Å². The molecule has 62 valence electrons. The van der Waals surface area contributed by atoms with Crippen LogP contribution < -0.4 is 5.73 Å². The maximum atomic E-state index is 11.9. The van der Waals surface area contributed by atoms with Gasteiger partial charge in [0.05, 0.1) is 5.92 Å². The number of nitrogens with two attached hydrogens (primary N) is 1. The van der Waals surface area contributed by atoms with Crippen molar-refractivity contribution >= 4 is 0 Å². The summed E-state index contributed by atoms with van der Waals surface area (Å²) >= 11 is 0. The molecule has 0 saturated carbocycles. The van der Waals surface area contributed by atoms with Crippen LogP contribution in [0, 0.1) is 11.8 Å². The summed E-state index contributed by atoms with van der Waals surface area (Å²) in [6, 6.07) is 0. The zero-order valence-electron chi connectivity index (χ0n) is 6.07. The maximum absolute atomic E-state index is 11.9. The van der Waals surface area contributed by atoms with Crippen molar-refractivity contribution in [1.29, 1.82) is 0 Å². The summed E-state index contributed by atoms with van der Waals surface area (Å²) in [7, 11) is 0. The van der Waals surface area contributed by atoms with E-state index >= 15 is 0 Å². The van der Waals surface area contributed by atoms with E-state index in [9.17, 15) is 13.2 Å². The van der Waals surface area contributed by atoms with Gasteiger partial charge in [0.15, 0.2) is 0 Å². The van der Waals surface area contributed by atoms with Crippen LogP contribution in [-0.4, -0.2) is 12.7 Å². The van der Waals surface area contributed by atoms with Gasteiger partial charge < -0.3 is 5.73 Å². The van der Waals surface area contributed by atoms with Gasteiger partial charge in [-0.15, -0.1) is 0 Å². The van der Waals surface area contributed by atoms with Gasteiger partial charge in [-0.1, -0.05) is 13.8 Å². The topological polar surface area (TPSA) is 26.0 Å². The van der Waals surface area contributed by atoms with Crippen molar-refractivity contribution in [2.24, 2.45) is 17.6 Å². The normalized spacial score (nSPS) is 15.9.